The lowest BCUT2D eigenvalue weighted by molar-refractivity contribution is 0.865. The number of benzene rings is 1. The van der Waals surface area contributed by atoms with Crippen molar-refractivity contribution in [2.45, 2.75) is 33.1 Å². The van der Waals surface area contributed by atoms with Gasteiger partial charge in [-0.2, -0.15) is 0 Å². The average molecular weight is 413 g/mol. The van der Waals surface area contributed by atoms with Crippen LogP contribution in [0, 0.1) is 0 Å². The molecule has 1 aromatic carbocycles. The Morgan fingerprint density at radius 3 is 2.33 bits per heavy atom. The van der Waals surface area contributed by atoms with Gasteiger partial charge in [0.05, 0.1) is 10.2 Å². The average Bonchev–Trinajstić information content (AvgIpc) is 2.49. The van der Waals surface area contributed by atoms with Crippen LogP contribution in [0.5, 0.6) is 0 Å². The molecule has 0 fully saturated rings. The summed E-state index contributed by atoms with van der Waals surface area (Å²) in [5, 5.41) is 3.38. The summed E-state index contributed by atoms with van der Waals surface area (Å²) in [4.78, 5) is 9.39. The molecule has 0 saturated carbocycles. The minimum atomic E-state index is 0.771. The lowest BCUT2D eigenvalue weighted by atomic mass is 10.2. The van der Waals surface area contributed by atoms with E-state index in [2.05, 4.69) is 56.0 Å². The Morgan fingerprint density at radius 2 is 1.71 bits per heavy atom. The van der Waals surface area contributed by atoms with E-state index in [1.165, 1.54) is 0 Å². The zero-order valence-corrected chi connectivity index (χ0v) is 15.5. The van der Waals surface area contributed by atoms with E-state index in [0.717, 1.165) is 57.7 Å². The molecule has 1 heterocycles. The van der Waals surface area contributed by atoms with Crippen LogP contribution in [-0.4, -0.2) is 16.5 Å². The van der Waals surface area contributed by atoms with Gasteiger partial charge in [-0.05, 0) is 40.9 Å². The SMILES string of the molecule is CCCNc1nc(-c2ccc(Br)cc2)nc(CCC)c1Br. The predicted molar refractivity (Wildman–Crippen MR) is 95.6 cm³/mol. The molecule has 0 spiro atoms. The summed E-state index contributed by atoms with van der Waals surface area (Å²) >= 11 is 7.09. The largest absolute Gasteiger partial charge is 0.369 e. The van der Waals surface area contributed by atoms with Crippen LogP contribution in [0.15, 0.2) is 33.2 Å². The third-order valence-corrected chi connectivity index (χ3v) is 4.41. The maximum absolute atomic E-state index is 4.72. The molecule has 0 atom stereocenters. The standard InChI is InChI=1S/C16H19Br2N3/c1-3-5-13-14(18)16(19-10-4-2)21-15(20-13)11-6-8-12(17)9-7-11/h6-9H,3-5,10H2,1-2H3,(H,19,20,21). The molecule has 0 radical (unpaired) electrons. The highest BCUT2D eigenvalue weighted by Gasteiger charge is 2.12. The van der Waals surface area contributed by atoms with E-state index in [4.69, 9.17) is 4.98 Å². The second kappa shape index (κ2) is 7.90. The molecule has 1 aromatic heterocycles. The van der Waals surface area contributed by atoms with E-state index in [9.17, 15) is 0 Å². The number of hydrogen-bond acceptors (Lipinski definition) is 3. The van der Waals surface area contributed by atoms with E-state index in [1.54, 1.807) is 0 Å². The molecule has 0 saturated heterocycles. The van der Waals surface area contributed by atoms with Gasteiger partial charge in [-0.1, -0.05) is 48.3 Å². The predicted octanol–water partition coefficient (Wildman–Crippen LogP) is 5.44. The van der Waals surface area contributed by atoms with E-state index in [0.29, 0.717) is 0 Å². The Kier molecular flexibility index (Phi) is 6.18. The molecule has 5 heteroatoms. The van der Waals surface area contributed by atoms with Crippen LogP contribution in [0.25, 0.3) is 11.4 Å². The van der Waals surface area contributed by atoms with Crippen molar-refractivity contribution in [1.82, 2.24) is 9.97 Å². The van der Waals surface area contributed by atoms with Crippen LogP contribution >= 0.6 is 31.9 Å². The number of nitrogens with zero attached hydrogens (tertiary/aromatic N) is 2. The minimum absolute atomic E-state index is 0.771. The normalized spacial score (nSPS) is 10.7. The monoisotopic (exact) mass is 411 g/mol. The van der Waals surface area contributed by atoms with Gasteiger partial charge in [-0.3, -0.25) is 0 Å². The van der Waals surface area contributed by atoms with Gasteiger partial charge in [0.25, 0.3) is 0 Å². The van der Waals surface area contributed by atoms with Gasteiger partial charge in [0, 0.05) is 16.6 Å². The molecule has 2 aromatic rings. The number of anilines is 1. The molecule has 0 aliphatic rings. The first-order valence-corrected chi connectivity index (χ1v) is 8.80. The quantitative estimate of drug-likeness (QED) is 0.685. The molecule has 3 nitrogen and oxygen atoms in total. The van der Waals surface area contributed by atoms with Crippen LogP contribution in [-0.2, 0) is 6.42 Å². The van der Waals surface area contributed by atoms with Crippen molar-refractivity contribution in [3.63, 3.8) is 0 Å². The highest BCUT2D eigenvalue weighted by Crippen LogP contribution is 2.28. The van der Waals surface area contributed by atoms with Crippen molar-refractivity contribution < 1.29 is 0 Å². The number of halogens is 2. The number of aryl methyl sites for hydroxylation is 1. The molecule has 0 unspecified atom stereocenters. The molecule has 2 rings (SSSR count). The molecule has 0 bridgehead atoms. The fraction of sp³-hybridized carbons (Fsp3) is 0.375. The van der Waals surface area contributed by atoms with Crippen LogP contribution < -0.4 is 5.32 Å². The van der Waals surface area contributed by atoms with Crippen LogP contribution in [0.1, 0.15) is 32.4 Å². The van der Waals surface area contributed by atoms with Crippen molar-refractivity contribution in [2.75, 3.05) is 11.9 Å². The summed E-state index contributed by atoms with van der Waals surface area (Å²) < 4.78 is 2.04. The van der Waals surface area contributed by atoms with Gasteiger partial charge in [0.1, 0.15) is 5.82 Å². The van der Waals surface area contributed by atoms with Crippen molar-refractivity contribution in [1.29, 1.82) is 0 Å². The number of rotatable bonds is 6. The molecule has 0 amide bonds. The third kappa shape index (κ3) is 4.27. The Morgan fingerprint density at radius 1 is 1.00 bits per heavy atom. The maximum atomic E-state index is 4.72. The minimum Gasteiger partial charge on any atom is -0.369 e. The summed E-state index contributed by atoms with van der Waals surface area (Å²) in [6.07, 6.45) is 3.06. The van der Waals surface area contributed by atoms with E-state index in [-0.39, 0.29) is 0 Å². The van der Waals surface area contributed by atoms with E-state index >= 15 is 0 Å². The van der Waals surface area contributed by atoms with Gasteiger partial charge in [0.15, 0.2) is 5.82 Å². The molecular weight excluding hydrogens is 394 g/mol. The lowest BCUT2D eigenvalue weighted by Crippen LogP contribution is -2.07. The van der Waals surface area contributed by atoms with Crippen molar-refractivity contribution in [3.05, 3.63) is 38.9 Å². The fourth-order valence-electron chi connectivity index (χ4n) is 1.98. The molecule has 1 N–H and O–H groups in total. The zero-order valence-electron chi connectivity index (χ0n) is 12.3. The summed E-state index contributed by atoms with van der Waals surface area (Å²) in [7, 11) is 0. The van der Waals surface area contributed by atoms with Gasteiger partial charge in [-0.25, -0.2) is 9.97 Å². The number of hydrogen-bond donors (Lipinski definition) is 1. The summed E-state index contributed by atoms with van der Waals surface area (Å²) in [5.41, 5.74) is 2.09. The lowest BCUT2D eigenvalue weighted by Gasteiger charge is -2.12. The number of aromatic nitrogens is 2. The van der Waals surface area contributed by atoms with Gasteiger partial charge in [-0.15, -0.1) is 0 Å². The third-order valence-electron chi connectivity index (χ3n) is 3.05. The first-order valence-electron chi connectivity index (χ1n) is 7.22. The van der Waals surface area contributed by atoms with E-state index < -0.39 is 0 Å². The second-order valence-electron chi connectivity index (χ2n) is 4.84. The van der Waals surface area contributed by atoms with Crippen LogP contribution in [0.2, 0.25) is 0 Å². The molecule has 112 valence electrons. The Bertz CT molecular complexity index is 597. The molecule has 0 aliphatic heterocycles. The van der Waals surface area contributed by atoms with Gasteiger partial charge < -0.3 is 5.32 Å². The fourth-order valence-corrected chi connectivity index (χ4v) is 2.76. The Labute approximate surface area is 142 Å². The first-order chi connectivity index (χ1) is 10.2. The molecule has 21 heavy (non-hydrogen) atoms. The van der Waals surface area contributed by atoms with Crippen molar-refractivity contribution in [2.24, 2.45) is 0 Å². The summed E-state index contributed by atoms with van der Waals surface area (Å²) in [6.45, 7) is 5.21. The zero-order chi connectivity index (χ0) is 15.2. The van der Waals surface area contributed by atoms with Gasteiger partial charge in [0.2, 0.25) is 0 Å². The highest BCUT2D eigenvalue weighted by atomic mass is 79.9. The molecular formula is C16H19Br2N3. The maximum Gasteiger partial charge on any atom is 0.161 e. The van der Waals surface area contributed by atoms with Crippen molar-refractivity contribution >= 4 is 37.7 Å². The number of nitrogens with one attached hydrogen (secondary N) is 1. The summed E-state index contributed by atoms with van der Waals surface area (Å²) in [6, 6.07) is 8.10. The summed E-state index contributed by atoms with van der Waals surface area (Å²) in [5.74, 6) is 1.65. The Hall–Kier alpha value is -0.940. The first kappa shape index (κ1) is 16.4. The van der Waals surface area contributed by atoms with Crippen LogP contribution in [0.3, 0.4) is 0 Å². The van der Waals surface area contributed by atoms with Gasteiger partial charge >= 0.3 is 0 Å². The second-order valence-corrected chi connectivity index (χ2v) is 6.55. The van der Waals surface area contributed by atoms with Crippen LogP contribution in [0.4, 0.5) is 5.82 Å². The van der Waals surface area contributed by atoms with Crippen molar-refractivity contribution in [3.8, 4) is 11.4 Å². The Balaban J connectivity index is 2.44. The van der Waals surface area contributed by atoms with E-state index in [1.807, 2.05) is 24.3 Å². The highest BCUT2D eigenvalue weighted by molar-refractivity contribution is 9.11. The smallest absolute Gasteiger partial charge is 0.161 e. The molecule has 0 aliphatic carbocycles. The topological polar surface area (TPSA) is 37.8 Å².